The Morgan fingerprint density at radius 1 is 1.17 bits per heavy atom. The number of carbonyl (C=O) groups excluding carboxylic acids is 2. The first-order valence-corrected chi connectivity index (χ1v) is 6.36. The largest absolute Gasteiger partial charge is 0.354 e. The van der Waals surface area contributed by atoms with E-state index in [1.807, 2.05) is 11.0 Å². The highest BCUT2D eigenvalue weighted by molar-refractivity contribution is 5.81. The molecule has 0 radical (unpaired) electrons. The van der Waals surface area contributed by atoms with Gasteiger partial charge in [0.2, 0.25) is 11.8 Å². The second kappa shape index (κ2) is 8.48. The lowest BCUT2D eigenvalue weighted by Crippen LogP contribution is -2.43. The van der Waals surface area contributed by atoms with Gasteiger partial charge in [-0.25, -0.2) is 0 Å². The molecule has 0 saturated carbocycles. The van der Waals surface area contributed by atoms with Gasteiger partial charge in [0, 0.05) is 19.6 Å². The minimum atomic E-state index is -0.184. The number of likely N-dealkylation sites (tertiary alicyclic amines) is 1. The van der Waals surface area contributed by atoms with Crippen LogP contribution in [0.4, 0.5) is 0 Å². The molecule has 0 bridgehead atoms. The smallest absolute Gasteiger partial charge is 0.236 e. The third-order valence-corrected chi connectivity index (χ3v) is 2.83. The van der Waals surface area contributed by atoms with E-state index in [9.17, 15) is 9.59 Å². The third-order valence-electron chi connectivity index (χ3n) is 2.83. The average molecular weight is 252 g/mol. The number of piperidine rings is 1. The van der Waals surface area contributed by atoms with Gasteiger partial charge < -0.3 is 10.2 Å². The summed E-state index contributed by atoms with van der Waals surface area (Å²) in [5.41, 5.74) is 0. The molecule has 0 aliphatic carbocycles. The Morgan fingerprint density at radius 2 is 1.89 bits per heavy atom. The summed E-state index contributed by atoms with van der Waals surface area (Å²) < 4.78 is 0. The molecule has 6 heteroatoms. The molecule has 1 aliphatic heterocycles. The second-order valence-electron chi connectivity index (χ2n) is 4.30. The highest BCUT2D eigenvalue weighted by Gasteiger charge is 2.15. The quantitative estimate of drug-likeness (QED) is 0.631. The van der Waals surface area contributed by atoms with Gasteiger partial charge in [0.15, 0.2) is 0 Å². The molecule has 6 nitrogen and oxygen atoms in total. The van der Waals surface area contributed by atoms with E-state index in [1.165, 1.54) is 6.42 Å². The first-order valence-electron chi connectivity index (χ1n) is 6.36. The van der Waals surface area contributed by atoms with Crippen molar-refractivity contribution in [1.29, 1.82) is 5.26 Å². The van der Waals surface area contributed by atoms with E-state index in [4.69, 9.17) is 5.26 Å². The summed E-state index contributed by atoms with van der Waals surface area (Å²) in [6.45, 7) is 2.33. The highest BCUT2D eigenvalue weighted by atomic mass is 16.2. The molecule has 0 unspecified atom stereocenters. The number of hydrogen-bond acceptors (Lipinski definition) is 4. The van der Waals surface area contributed by atoms with Gasteiger partial charge in [-0.05, 0) is 19.3 Å². The molecule has 0 aromatic rings. The van der Waals surface area contributed by atoms with Crippen molar-refractivity contribution >= 4 is 11.8 Å². The van der Waals surface area contributed by atoms with Crippen molar-refractivity contribution in [3.8, 4) is 6.07 Å². The van der Waals surface area contributed by atoms with Gasteiger partial charge in [-0.3, -0.25) is 14.9 Å². The van der Waals surface area contributed by atoms with Gasteiger partial charge in [0.25, 0.3) is 0 Å². The Hall–Kier alpha value is -1.61. The van der Waals surface area contributed by atoms with E-state index >= 15 is 0 Å². The summed E-state index contributed by atoms with van der Waals surface area (Å²) in [6.07, 6.45) is 3.64. The summed E-state index contributed by atoms with van der Waals surface area (Å²) in [7, 11) is 0. The molecule has 0 aromatic heterocycles. The SMILES string of the molecule is N#CCCNC(=O)CNCC(=O)N1CCCCC1. The van der Waals surface area contributed by atoms with Gasteiger partial charge in [-0.2, -0.15) is 5.26 Å². The number of amides is 2. The number of nitriles is 1. The van der Waals surface area contributed by atoms with Crippen LogP contribution in [0.1, 0.15) is 25.7 Å². The number of carbonyl (C=O) groups is 2. The fraction of sp³-hybridized carbons (Fsp3) is 0.750. The van der Waals surface area contributed by atoms with E-state index in [0.717, 1.165) is 25.9 Å². The zero-order valence-corrected chi connectivity index (χ0v) is 10.6. The molecule has 0 aromatic carbocycles. The van der Waals surface area contributed by atoms with Gasteiger partial charge in [-0.1, -0.05) is 0 Å². The zero-order chi connectivity index (χ0) is 13.2. The van der Waals surface area contributed by atoms with Crippen LogP contribution in [0.25, 0.3) is 0 Å². The number of hydrogen-bond donors (Lipinski definition) is 2. The fourth-order valence-corrected chi connectivity index (χ4v) is 1.86. The molecule has 1 fully saturated rings. The standard InChI is InChI=1S/C12H20N4O2/c13-5-4-6-15-11(17)9-14-10-12(18)16-7-2-1-3-8-16/h14H,1-4,6-10H2,(H,15,17). The summed E-state index contributed by atoms with van der Waals surface area (Å²) in [5, 5.41) is 13.7. The van der Waals surface area contributed by atoms with E-state index in [1.54, 1.807) is 0 Å². The molecule has 1 rings (SSSR count). The van der Waals surface area contributed by atoms with E-state index in [2.05, 4.69) is 10.6 Å². The molecule has 100 valence electrons. The molecule has 18 heavy (non-hydrogen) atoms. The van der Waals surface area contributed by atoms with Crippen molar-refractivity contribution in [1.82, 2.24) is 15.5 Å². The first kappa shape index (κ1) is 14.5. The maximum atomic E-state index is 11.7. The highest BCUT2D eigenvalue weighted by Crippen LogP contribution is 2.07. The van der Waals surface area contributed by atoms with Crippen molar-refractivity contribution in [2.24, 2.45) is 0 Å². The van der Waals surface area contributed by atoms with Crippen LogP contribution in [0.15, 0.2) is 0 Å². The number of rotatable bonds is 6. The van der Waals surface area contributed by atoms with Gasteiger partial charge >= 0.3 is 0 Å². The van der Waals surface area contributed by atoms with Crippen LogP contribution < -0.4 is 10.6 Å². The van der Waals surface area contributed by atoms with Crippen LogP contribution in [-0.2, 0) is 9.59 Å². The topological polar surface area (TPSA) is 85.2 Å². The monoisotopic (exact) mass is 252 g/mol. The Kier molecular flexibility index (Phi) is 6.81. The second-order valence-corrected chi connectivity index (χ2v) is 4.30. The van der Waals surface area contributed by atoms with Crippen LogP contribution in [0.5, 0.6) is 0 Å². The zero-order valence-electron chi connectivity index (χ0n) is 10.6. The Morgan fingerprint density at radius 3 is 2.56 bits per heavy atom. The van der Waals surface area contributed by atoms with Crippen molar-refractivity contribution in [2.45, 2.75) is 25.7 Å². The summed E-state index contributed by atoms with van der Waals surface area (Å²) in [6, 6.07) is 1.94. The van der Waals surface area contributed by atoms with Crippen LogP contribution in [0.2, 0.25) is 0 Å². The molecule has 1 heterocycles. The maximum Gasteiger partial charge on any atom is 0.236 e. The molecule has 2 N–H and O–H groups in total. The number of nitrogens with one attached hydrogen (secondary N) is 2. The van der Waals surface area contributed by atoms with Crippen LogP contribution in [-0.4, -0.2) is 49.4 Å². The fourth-order valence-electron chi connectivity index (χ4n) is 1.86. The molecular formula is C12H20N4O2. The van der Waals surface area contributed by atoms with Crippen molar-refractivity contribution in [2.75, 3.05) is 32.7 Å². The van der Waals surface area contributed by atoms with Crippen LogP contribution in [0, 0.1) is 11.3 Å². The minimum absolute atomic E-state index is 0.0551. The van der Waals surface area contributed by atoms with E-state index in [-0.39, 0.29) is 24.9 Å². The van der Waals surface area contributed by atoms with Crippen molar-refractivity contribution < 1.29 is 9.59 Å². The molecule has 0 atom stereocenters. The number of nitrogens with zero attached hydrogens (tertiary/aromatic N) is 2. The summed E-state index contributed by atoms with van der Waals surface area (Å²) in [5.74, 6) is -0.129. The molecule has 1 aliphatic rings. The predicted molar refractivity (Wildman–Crippen MR) is 66.5 cm³/mol. The molecular weight excluding hydrogens is 232 g/mol. The van der Waals surface area contributed by atoms with Crippen LogP contribution >= 0.6 is 0 Å². The molecule has 0 spiro atoms. The molecule has 1 saturated heterocycles. The summed E-state index contributed by atoms with van der Waals surface area (Å²) >= 11 is 0. The predicted octanol–water partition coefficient (Wildman–Crippen LogP) is -0.382. The maximum absolute atomic E-state index is 11.7. The lowest BCUT2D eigenvalue weighted by atomic mass is 10.1. The van der Waals surface area contributed by atoms with E-state index < -0.39 is 0 Å². The average Bonchev–Trinajstić information content (AvgIpc) is 2.40. The Labute approximate surface area is 107 Å². The van der Waals surface area contributed by atoms with Crippen molar-refractivity contribution in [3.05, 3.63) is 0 Å². The van der Waals surface area contributed by atoms with Gasteiger partial charge in [-0.15, -0.1) is 0 Å². The van der Waals surface area contributed by atoms with Gasteiger partial charge in [0.05, 0.1) is 25.6 Å². The van der Waals surface area contributed by atoms with E-state index in [0.29, 0.717) is 13.0 Å². The Bertz CT molecular complexity index is 319. The summed E-state index contributed by atoms with van der Waals surface area (Å²) in [4.78, 5) is 24.8. The van der Waals surface area contributed by atoms with Gasteiger partial charge in [0.1, 0.15) is 0 Å². The lowest BCUT2D eigenvalue weighted by Gasteiger charge is -2.26. The lowest BCUT2D eigenvalue weighted by molar-refractivity contribution is -0.131. The minimum Gasteiger partial charge on any atom is -0.354 e. The normalized spacial score (nSPS) is 14.9. The first-order chi connectivity index (χ1) is 8.74. The Balaban J connectivity index is 2.07. The van der Waals surface area contributed by atoms with Crippen molar-refractivity contribution in [3.63, 3.8) is 0 Å². The van der Waals surface area contributed by atoms with Crippen LogP contribution in [0.3, 0.4) is 0 Å². The molecule has 2 amide bonds. The third kappa shape index (κ3) is 5.64.